The van der Waals surface area contributed by atoms with E-state index in [-0.39, 0.29) is 0 Å². The van der Waals surface area contributed by atoms with Crippen molar-refractivity contribution in [3.05, 3.63) is 23.9 Å². The number of nitrogens with zero attached hydrogens (tertiary/aromatic N) is 2. The fraction of sp³-hybridized carbons (Fsp3) is 0.500. The van der Waals surface area contributed by atoms with Crippen LogP contribution < -0.4 is 11.3 Å². The quantitative estimate of drug-likeness (QED) is 0.559. The second-order valence-corrected chi connectivity index (χ2v) is 3.70. The number of pyridine rings is 1. The van der Waals surface area contributed by atoms with E-state index in [2.05, 4.69) is 36.2 Å². The van der Waals surface area contributed by atoms with Crippen LogP contribution in [-0.4, -0.2) is 23.0 Å². The van der Waals surface area contributed by atoms with E-state index in [1.54, 1.807) is 0 Å². The number of nitrogens with two attached hydrogens (primary N) is 1. The van der Waals surface area contributed by atoms with Gasteiger partial charge < -0.3 is 5.43 Å². The Morgan fingerprint density at radius 1 is 1.50 bits per heavy atom. The molecule has 0 radical (unpaired) electrons. The highest BCUT2D eigenvalue weighted by Gasteiger charge is 2.03. The van der Waals surface area contributed by atoms with Crippen molar-refractivity contribution in [2.75, 3.05) is 12.5 Å². The van der Waals surface area contributed by atoms with Gasteiger partial charge in [-0.2, -0.15) is 0 Å². The van der Waals surface area contributed by atoms with Gasteiger partial charge in [-0.25, -0.2) is 10.8 Å². The minimum absolute atomic E-state index is 0.544. The van der Waals surface area contributed by atoms with E-state index < -0.39 is 0 Å². The summed E-state index contributed by atoms with van der Waals surface area (Å²) >= 11 is 0. The van der Waals surface area contributed by atoms with Gasteiger partial charge in [0.05, 0.1) is 0 Å². The molecule has 0 aliphatic rings. The maximum absolute atomic E-state index is 5.23. The second-order valence-electron chi connectivity index (χ2n) is 3.70. The number of hydrazine groups is 1. The number of nitrogens with one attached hydrogen (secondary N) is 1. The van der Waals surface area contributed by atoms with Crippen LogP contribution in [0, 0.1) is 0 Å². The summed E-state index contributed by atoms with van der Waals surface area (Å²) < 4.78 is 0. The first-order chi connectivity index (χ1) is 6.63. The summed E-state index contributed by atoms with van der Waals surface area (Å²) in [6.07, 6.45) is 1.84. The molecule has 0 saturated carbocycles. The summed E-state index contributed by atoms with van der Waals surface area (Å²) in [6.45, 7) is 5.25. The monoisotopic (exact) mass is 194 g/mol. The first-order valence-electron chi connectivity index (χ1n) is 4.75. The summed E-state index contributed by atoms with van der Waals surface area (Å²) in [5.41, 5.74) is 3.70. The van der Waals surface area contributed by atoms with Gasteiger partial charge in [-0.05, 0) is 32.5 Å². The predicted octanol–water partition coefficient (Wildman–Crippen LogP) is 1.21. The average molecular weight is 194 g/mol. The number of aromatic nitrogens is 1. The number of anilines is 1. The molecule has 1 aromatic heterocycles. The van der Waals surface area contributed by atoms with Gasteiger partial charge in [0.25, 0.3) is 0 Å². The summed E-state index contributed by atoms with van der Waals surface area (Å²) in [7, 11) is 2.10. The Kier molecular flexibility index (Phi) is 3.85. The molecule has 0 unspecified atom stereocenters. The lowest BCUT2D eigenvalue weighted by Crippen LogP contribution is -2.25. The third kappa shape index (κ3) is 2.97. The van der Waals surface area contributed by atoms with E-state index in [0.717, 1.165) is 6.54 Å². The highest BCUT2D eigenvalue weighted by molar-refractivity contribution is 5.33. The molecule has 78 valence electrons. The Balaban J connectivity index is 2.59. The summed E-state index contributed by atoms with van der Waals surface area (Å²) in [4.78, 5) is 6.40. The molecule has 1 rings (SSSR count). The summed E-state index contributed by atoms with van der Waals surface area (Å²) in [6, 6.07) is 4.45. The number of hydrogen-bond acceptors (Lipinski definition) is 4. The van der Waals surface area contributed by atoms with E-state index in [1.807, 2.05) is 18.3 Å². The first-order valence-corrected chi connectivity index (χ1v) is 4.75. The molecule has 0 aliphatic carbocycles. The van der Waals surface area contributed by atoms with Gasteiger partial charge in [-0.1, -0.05) is 6.07 Å². The molecular weight excluding hydrogens is 176 g/mol. The van der Waals surface area contributed by atoms with Gasteiger partial charge in [0.1, 0.15) is 5.82 Å². The molecule has 1 heterocycles. The molecule has 3 N–H and O–H groups in total. The second kappa shape index (κ2) is 4.93. The van der Waals surface area contributed by atoms with Gasteiger partial charge in [-0.3, -0.25) is 4.90 Å². The fourth-order valence-corrected chi connectivity index (χ4v) is 1.07. The molecule has 0 fully saturated rings. The third-order valence-electron chi connectivity index (χ3n) is 2.29. The maximum Gasteiger partial charge on any atom is 0.139 e. The SMILES string of the molecule is CC(C)N(C)Cc1ccc(NN)nc1. The largest absolute Gasteiger partial charge is 0.308 e. The van der Waals surface area contributed by atoms with E-state index >= 15 is 0 Å². The van der Waals surface area contributed by atoms with Gasteiger partial charge in [0, 0.05) is 18.8 Å². The van der Waals surface area contributed by atoms with Crippen LogP contribution in [0.25, 0.3) is 0 Å². The highest BCUT2D eigenvalue weighted by atomic mass is 15.2. The Labute approximate surface area is 85.1 Å². The summed E-state index contributed by atoms with van der Waals surface area (Å²) in [5.74, 6) is 5.92. The average Bonchev–Trinajstić information content (AvgIpc) is 2.19. The van der Waals surface area contributed by atoms with Gasteiger partial charge >= 0.3 is 0 Å². The molecular formula is C10H18N4. The molecule has 0 atom stereocenters. The van der Waals surface area contributed by atoms with E-state index in [9.17, 15) is 0 Å². The van der Waals surface area contributed by atoms with Crippen molar-refractivity contribution in [2.24, 2.45) is 5.84 Å². The Hall–Kier alpha value is -1.13. The first kappa shape index (κ1) is 10.9. The summed E-state index contributed by atoms with van der Waals surface area (Å²) in [5, 5.41) is 0. The van der Waals surface area contributed by atoms with Crippen molar-refractivity contribution in [1.82, 2.24) is 9.88 Å². The van der Waals surface area contributed by atoms with Crippen LogP contribution in [0.4, 0.5) is 5.82 Å². The minimum Gasteiger partial charge on any atom is -0.308 e. The van der Waals surface area contributed by atoms with Gasteiger partial charge in [0.15, 0.2) is 0 Å². The van der Waals surface area contributed by atoms with Crippen molar-refractivity contribution in [2.45, 2.75) is 26.4 Å². The zero-order valence-corrected chi connectivity index (χ0v) is 8.99. The third-order valence-corrected chi connectivity index (χ3v) is 2.29. The van der Waals surface area contributed by atoms with Gasteiger partial charge in [-0.15, -0.1) is 0 Å². The minimum atomic E-state index is 0.544. The van der Waals surface area contributed by atoms with Gasteiger partial charge in [0.2, 0.25) is 0 Å². The van der Waals surface area contributed by atoms with Crippen molar-refractivity contribution < 1.29 is 0 Å². The molecule has 0 aliphatic heterocycles. The maximum atomic E-state index is 5.23. The number of nitrogen functional groups attached to an aromatic ring is 1. The molecule has 4 nitrogen and oxygen atoms in total. The molecule has 0 spiro atoms. The lowest BCUT2D eigenvalue weighted by molar-refractivity contribution is 0.265. The Morgan fingerprint density at radius 3 is 2.64 bits per heavy atom. The van der Waals surface area contributed by atoms with Crippen LogP contribution in [0.15, 0.2) is 18.3 Å². The van der Waals surface area contributed by atoms with Crippen molar-refractivity contribution in [3.8, 4) is 0 Å². The number of hydrogen-bond donors (Lipinski definition) is 2. The highest BCUT2D eigenvalue weighted by Crippen LogP contribution is 2.07. The Morgan fingerprint density at radius 2 is 2.21 bits per heavy atom. The van der Waals surface area contributed by atoms with E-state index in [1.165, 1.54) is 5.56 Å². The van der Waals surface area contributed by atoms with Crippen LogP contribution in [0.1, 0.15) is 19.4 Å². The van der Waals surface area contributed by atoms with Crippen molar-refractivity contribution in [3.63, 3.8) is 0 Å². The van der Waals surface area contributed by atoms with E-state index in [4.69, 9.17) is 5.84 Å². The zero-order chi connectivity index (χ0) is 10.6. The smallest absolute Gasteiger partial charge is 0.139 e. The fourth-order valence-electron chi connectivity index (χ4n) is 1.07. The van der Waals surface area contributed by atoms with Crippen LogP contribution in [0.5, 0.6) is 0 Å². The number of rotatable bonds is 4. The lowest BCUT2D eigenvalue weighted by atomic mass is 10.2. The predicted molar refractivity (Wildman–Crippen MR) is 58.7 cm³/mol. The molecule has 0 bridgehead atoms. The molecule has 0 amide bonds. The molecule has 0 saturated heterocycles. The normalized spacial score (nSPS) is 11.0. The lowest BCUT2D eigenvalue weighted by Gasteiger charge is -2.20. The van der Waals surface area contributed by atoms with Crippen LogP contribution in [-0.2, 0) is 6.54 Å². The van der Waals surface area contributed by atoms with Crippen LogP contribution >= 0.6 is 0 Å². The van der Waals surface area contributed by atoms with Crippen LogP contribution in [0.2, 0.25) is 0 Å². The van der Waals surface area contributed by atoms with Crippen molar-refractivity contribution in [1.29, 1.82) is 0 Å². The standard InChI is InChI=1S/C10H18N4/c1-8(2)14(3)7-9-4-5-10(13-11)12-6-9/h4-6,8H,7,11H2,1-3H3,(H,12,13). The molecule has 14 heavy (non-hydrogen) atoms. The topological polar surface area (TPSA) is 54.2 Å². The molecule has 0 aromatic carbocycles. The van der Waals surface area contributed by atoms with Crippen molar-refractivity contribution >= 4 is 5.82 Å². The van der Waals surface area contributed by atoms with Crippen LogP contribution in [0.3, 0.4) is 0 Å². The Bertz CT molecular complexity index is 268. The molecule has 1 aromatic rings. The zero-order valence-electron chi connectivity index (χ0n) is 8.99. The van der Waals surface area contributed by atoms with E-state index in [0.29, 0.717) is 11.9 Å². The molecule has 4 heteroatoms.